The van der Waals surface area contributed by atoms with Crippen molar-refractivity contribution >= 4 is 5.69 Å². The minimum Gasteiger partial charge on any atom is -0.380 e. The van der Waals surface area contributed by atoms with Gasteiger partial charge in [0.05, 0.1) is 0 Å². The Morgan fingerprint density at radius 3 is 2.60 bits per heavy atom. The zero-order valence-electron chi connectivity index (χ0n) is 10.4. The van der Waals surface area contributed by atoms with Crippen molar-refractivity contribution in [3.8, 4) is 0 Å². The molecule has 0 bridgehead atoms. The third kappa shape index (κ3) is 1.88. The first-order valence-corrected chi connectivity index (χ1v) is 5.78. The van der Waals surface area contributed by atoms with Crippen LogP contribution in [0.25, 0.3) is 0 Å². The van der Waals surface area contributed by atoms with Crippen LogP contribution in [-0.4, -0.2) is 5.54 Å². The summed E-state index contributed by atoms with van der Waals surface area (Å²) in [4.78, 5) is 0. The lowest BCUT2D eigenvalue weighted by Gasteiger charge is -2.38. The largest absolute Gasteiger partial charge is 0.380 e. The molecule has 1 heterocycles. The molecular weight excluding hydrogens is 182 g/mol. The third-order valence-electron chi connectivity index (χ3n) is 3.31. The highest BCUT2D eigenvalue weighted by molar-refractivity contribution is 5.61. The van der Waals surface area contributed by atoms with E-state index in [1.54, 1.807) is 0 Å². The molecule has 1 nitrogen and oxygen atoms in total. The van der Waals surface area contributed by atoms with Crippen molar-refractivity contribution in [2.24, 2.45) is 0 Å². The normalized spacial score (nSPS) is 23.1. The molecule has 0 saturated carbocycles. The summed E-state index contributed by atoms with van der Waals surface area (Å²) in [6.45, 7) is 11.3. The van der Waals surface area contributed by atoms with Gasteiger partial charge in [-0.05, 0) is 62.8 Å². The van der Waals surface area contributed by atoms with Crippen molar-refractivity contribution in [2.45, 2.75) is 52.5 Å². The molecule has 0 aliphatic carbocycles. The Kier molecular flexibility index (Phi) is 2.29. The smallest absolute Gasteiger partial charge is 0.0384 e. The third-order valence-corrected chi connectivity index (χ3v) is 3.31. The van der Waals surface area contributed by atoms with Gasteiger partial charge in [-0.1, -0.05) is 13.0 Å². The second-order valence-corrected chi connectivity index (χ2v) is 5.66. The van der Waals surface area contributed by atoms with E-state index < -0.39 is 0 Å². The Labute approximate surface area is 92.9 Å². The maximum atomic E-state index is 3.65. The fraction of sp³-hybridized carbons (Fsp3) is 0.571. The summed E-state index contributed by atoms with van der Waals surface area (Å²) in [7, 11) is 0. The molecular formula is C14H21N. The average Bonchev–Trinajstić information content (AvgIpc) is 1.97. The fourth-order valence-electron chi connectivity index (χ4n) is 3.02. The summed E-state index contributed by atoms with van der Waals surface area (Å²) < 4.78 is 0. The van der Waals surface area contributed by atoms with Crippen molar-refractivity contribution in [1.82, 2.24) is 0 Å². The Hall–Kier alpha value is -0.980. The Balaban J connectivity index is 2.55. The molecule has 1 aromatic rings. The number of hydrogen-bond donors (Lipinski definition) is 1. The van der Waals surface area contributed by atoms with E-state index >= 15 is 0 Å². The lowest BCUT2D eigenvalue weighted by Crippen LogP contribution is -2.36. The van der Waals surface area contributed by atoms with E-state index in [0.29, 0.717) is 5.92 Å². The van der Waals surface area contributed by atoms with Crippen LogP contribution in [-0.2, 0) is 0 Å². The molecule has 1 unspecified atom stereocenters. The lowest BCUT2D eigenvalue weighted by atomic mass is 9.80. The molecule has 1 aromatic carbocycles. The van der Waals surface area contributed by atoms with Gasteiger partial charge in [0.25, 0.3) is 0 Å². The quantitative estimate of drug-likeness (QED) is 0.672. The van der Waals surface area contributed by atoms with Gasteiger partial charge in [-0.3, -0.25) is 0 Å². The van der Waals surface area contributed by atoms with Gasteiger partial charge in [0.2, 0.25) is 0 Å². The second-order valence-electron chi connectivity index (χ2n) is 5.66. The van der Waals surface area contributed by atoms with Crippen LogP contribution in [0.15, 0.2) is 12.1 Å². The molecule has 0 fully saturated rings. The van der Waals surface area contributed by atoms with Gasteiger partial charge in [-0.2, -0.15) is 0 Å². The van der Waals surface area contributed by atoms with Crippen molar-refractivity contribution in [3.05, 3.63) is 28.8 Å². The molecule has 1 aliphatic heterocycles. The Morgan fingerprint density at radius 1 is 1.27 bits per heavy atom. The summed E-state index contributed by atoms with van der Waals surface area (Å²) in [5, 5.41) is 3.65. The topological polar surface area (TPSA) is 12.0 Å². The molecule has 82 valence electrons. The average molecular weight is 203 g/mol. The molecule has 1 heteroatoms. The molecule has 0 radical (unpaired) electrons. The molecule has 1 atom stereocenters. The van der Waals surface area contributed by atoms with Crippen molar-refractivity contribution < 1.29 is 0 Å². The molecule has 15 heavy (non-hydrogen) atoms. The molecule has 0 saturated heterocycles. The van der Waals surface area contributed by atoms with Gasteiger partial charge in [0.15, 0.2) is 0 Å². The molecule has 1 N–H and O–H groups in total. The lowest BCUT2D eigenvalue weighted by molar-refractivity contribution is 0.453. The summed E-state index contributed by atoms with van der Waals surface area (Å²) in [5.74, 6) is 0.664. The van der Waals surface area contributed by atoms with Crippen LogP contribution in [0.4, 0.5) is 5.69 Å². The summed E-state index contributed by atoms with van der Waals surface area (Å²) >= 11 is 0. The Morgan fingerprint density at radius 2 is 1.93 bits per heavy atom. The predicted octanol–water partition coefficient (Wildman–Crippen LogP) is 4.00. The number of nitrogens with one attached hydrogen (secondary N) is 1. The van der Waals surface area contributed by atoms with E-state index in [1.165, 1.54) is 28.8 Å². The minimum absolute atomic E-state index is 0.229. The minimum atomic E-state index is 0.229. The predicted molar refractivity (Wildman–Crippen MR) is 66.6 cm³/mol. The van der Waals surface area contributed by atoms with Gasteiger partial charge in [0, 0.05) is 11.2 Å². The summed E-state index contributed by atoms with van der Waals surface area (Å²) in [6, 6.07) is 4.56. The summed E-state index contributed by atoms with van der Waals surface area (Å²) in [5.41, 5.74) is 5.87. The highest BCUT2D eigenvalue weighted by Crippen LogP contribution is 2.40. The zero-order valence-corrected chi connectivity index (χ0v) is 10.4. The van der Waals surface area contributed by atoms with Crippen LogP contribution >= 0.6 is 0 Å². The SMILES string of the molecule is Cc1cc(C)c2c(c1)NC(C)(C)CC2C. The van der Waals surface area contributed by atoms with Crippen LogP contribution in [0.5, 0.6) is 0 Å². The summed E-state index contributed by atoms with van der Waals surface area (Å²) in [6.07, 6.45) is 1.21. The van der Waals surface area contributed by atoms with Crippen molar-refractivity contribution in [1.29, 1.82) is 0 Å². The highest BCUT2D eigenvalue weighted by Gasteiger charge is 2.29. The maximum absolute atomic E-state index is 3.65. The molecule has 0 spiro atoms. The van der Waals surface area contributed by atoms with Crippen LogP contribution in [0, 0.1) is 13.8 Å². The van der Waals surface area contributed by atoms with Crippen molar-refractivity contribution in [3.63, 3.8) is 0 Å². The second kappa shape index (κ2) is 3.26. The zero-order chi connectivity index (χ0) is 11.2. The highest BCUT2D eigenvalue weighted by atomic mass is 15.0. The first-order valence-electron chi connectivity index (χ1n) is 5.78. The number of fused-ring (bicyclic) bond motifs is 1. The van der Waals surface area contributed by atoms with Gasteiger partial charge in [0.1, 0.15) is 0 Å². The first kappa shape index (κ1) is 10.5. The van der Waals surface area contributed by atoms with E-state index in [1.807, 2.05) is 0 Å². The standard InChI is InChI=1S/C14H21N/c1-9-6-10(2)13-11(3)8-14(4,5)15-12(13)7-9/h6-7,11,15H,8H2,1-5H3. The van der Waals surface area contributed by atoms with Gasteiger partial charge < -0.3 is 5.32 Å². The van der Waals surface area contributed by atoms with Crippen molar-refractivity contribution in [2.75, 3.05) is 5.32 Å². The molecule has 2 rings (SSSR count). The van der Waals surface area contributed by atoms with Gasteiger partial charge in [-0.15, -0.1) is 0 Å². The Bertz CT molecular complexity index is 391. The van der Waals surface area contributed by atoms with Crippen LogP contribution in [0.2, 0.25) is 0 Å². The fourth-order valence-corrected chi connectivity index (χ4v) is 3.02. The number of aryl methyl sites for hydroxylation is 2. The van der Waals surface area contributed by atoms with Crippen LogP contribution < -0.4 is 5.32 Å². The van der Waals surface area contributed by atoms with E-state index in [9.17, 15) is 0 Å². The van der Waals surface area contributed by atoms with E-state index in [4.69, 9.17) is 0 Å². The maximum Gasteiger partial charge on any atom is 0.0384 e. The molecule has 0 amide bonds. The van der Waals surface area contributed by atoms with E-state index in [0.717, 1.165) is 0 Å². The molecule has 0 aromatic heterocycles. The number of anilines is 1. The first-order chi connectivity index (χ1) is 6.89. The number of rotatable bonds is 0. The monoisotopic (exact) mass is 203 g/mol. The molecule has 1 aliphatic rings. The number of benzene rings is 1. The van der Waals surface area contributed by atoms with Gasteiger partial charge in [-0.25, -0.2) is 0 Å². The van der Waals surface area contributed by atoms with E-state index in [-0.39, 0.29) is 5.54 Å². The van der Waals surface area contributed by atoms with Gasteiger partial charge >= 0.3 is 0 Å². The van der Waals surface area contributed by atoms with Crippen LogP contribution in [0.1, 0.15) is 49.8 Å². The number of hydrogen-bond acceptors (Lipinski definition) is 1. The van der Waals surface area contributed by atoms with Crippen LogP contribution in [0.3, 0.4) is 0 Å². The van der Waals surface area contributed by atoms with E-state index in [2.05, 4.69) is 52.1 Å².